The summed E-state index contributed by atoms with van der Waals surface area (Å²) in [4.78, 5) is 24.8. The summed E-state index contributed by atoms with van der Waals surface area (Å²) in [6.45, 7) is 3.30. The number of amides is 2. The molecule has 1 spiro atoms. The van der Waals surface area contributed by atoms with Gasteiger partial charge in [0.05, 0.1) is 25.6 Å². The van der Waals surface area contributed by atoms with Gasteiger partial charge in [-0.3, -0.25) is 4.99 Å². The van der Waals surface area contributed by atoms with Gasteiger partial charge < -0.3 is 19.7 Å². The van der Waals surface area contributed by atoms with Crippen molar-refractivity contribution in [1.29, 1.82) is 0 Å². The van der Waals surface area contributed by atoms with Gasteiger partial charge in [0.25, 0.3) is 0 Å². The Morgan fingerprint density at radius 3 is 2.50 bits per heavy atom. The van der Waals surface area contributed by atoms with Crippen LogP contribution in [-0.4, -0.2) is 60.4 Å². The van der Waals surface area contributed by atoms with E-state index in [0.29, 0.717) is 43.1 Å². The highest BCUT2D eigenvalue weighted by Gasteiger charge is 2.40. The molecular formula is C24H28N4O3S. The lowest BCUT2D eigenvalue weighted by molar-refractivity contribution is 0.175. The molecule has 2 aromatic carbocycles. The van der Waals surface area contributed by atoms with Crippen LogP contribution >= 0.6 is 11.8 Å². The third-order valence-electron chi connectivity index (χ3n) is 5.66. The summed E-state index contributed by atoms with van der Waals surface area (Å²) < 4.78 is 10.6. The molecule has 0 aliphatic carbocycles. The Labute approximate surface area is 192 Å². The first kappa shape index (κ1) is 22.2. The van der Waals surface area contributed by atoms with Crippen molar-refractivity contribution in [3.8, 4) is 11.5 Å². The van der Waals surface area contributed by atoms with Gasteiger partial charge in [0.15, 0.2) is 5.66 Å². The summed E-state index contributed by atoms with van der Waals surface area (Å²) in [5, 5.41) is 3.96. The first-order valence-electron chi connectivity index (χ1n) is 10.7. The van der Waals surface area contributed by atoms with Gasteiger partial charge in [0.2, 0.25) is 0 Å². The monoisotopic (exact) mass is 452 g/mol. The maximum atomic E-state index is 12.9. The van der Waals surface area contributed by atoms with Crippen molar-refractivity contribution < 1.29 is 14.3 Å². The van der Waals surface area contributed by atoms with E-state index < -0.39 is 5.66 Å². The zero-order chi connectivity index (χ0) is 22.6. The molecular weight excluding hydrogens is 424 g/mol. The van der Waals surface area contributed by atoms with Crippen LogP contribution in [0, 0.1) is 0 Å². The molecule has 8 heteroatoms. The summed E-state index contributed by atoms with van der Waals surface area (Å²) in [7, 11) is 3.17. The number of carbonyl (C=O) groups is 1. The molecule has 2 aromatic rings. The SMILES string of the molecule is CCSC1=NC2(CCN(C(=O)Nc3ccc(OC)cc3OC)CC2)N=C1c1ccccc1. The third kappa shape index (κ3) is 4.60. The van der Waals surface area contributed by atoms with Gasteiger partial charge in [-0.1, -0.05) is 37.3 Å². The Morgan fingerprint density at radius 2 is 1.84 bits per heavy atom. The lowest BCUT2D eigenvalue weighted by atomic mass is 9.98. The molecule has 1 fully saturated rings. The Kier molecular flexibility index (Phi) is 6.69. The predicted molar refractivity (Wildman–Crippen MR) is 131 cm³/mol. The molecule has 1 saturated heterocycles. The molecule has 0 radical (unpaired) electrons. The molecule has 168 valence electrons. The second-order valence-corrected chi connectivity index (χ2v) is 8.89. The van der Waals surface area contributed by atoms with Crippen LogP contribution in [0.4, 0.5) is 10.5 Å². The molecule has 2 amide bonds. The lowest BCUT2D eigenvalue weighted by Gasteiger charge is -2.35. The predicted octanol–water partition coefficient (Wildman–Crippen LogP) is 4.68. The number of likely N-dealkylation sites (tertiary alicyclic amines) is 1. The first-order chi connectivity index (χ1) is 15.6. The van der Waals surface area contributed by atoms with Crippen molar-refractivity contribution in [3.63, 3.8) is 0 Å². The van der Waals surface area contributed by atoms with Crippen molar-refractivity contribution in [1.82, 2.24) is 4.90 Å². The number of hydrogen-bond acceptors (Lipinski definition) is 6. The maximum Gasteiger partial charge on any atom is 0.321 e. The third-order valence-corrected chi connectivity index (χ3v) is 6.51. The molecule has 2 aliphatic heterocycles. The minimum absolute atomic E-state index is 0.152. The Morgan fingerprint density at radius 1 is 1.09 bits per heavy atom. The second-order valence-electron chi connectivity index (χ2n) is 7.64. The van der Waals surface area contributed by atoms with E-state index in [1.54, 1.807) is 44.2 Å². The summed E-state index contributed by atoms with van der Waals surface area (Å²) in [5.74, 6) is 2.18. The van der Waals surface area contributed by atoms with Crippen molar-refractivity contribution in [2.75, 3.05) is 38.4 Å². The number of benzene rings is 2. The molecule has 0 atom stereocenters. The van der Waals surface area contributed by atoms with Gasteiger partial charge in [-0.25, -0.2) is 9.79 Å². The number of ether oxygens (including phenoxy) is 2. The summed E-state index contributed by atoms with van der Waals surface area (Å²) in [6, 6.07) is 15.4. The Balaban J connectivity index is 1.45. The van der Waals surface area contributed by atoms with E-state index in [1.165, 1.54) is 0 Å². The number of nitrogens with one attached hydrogen (secondary N) is 1. The van der Waals surface area contributed by atoms with Crippen LogP contribution in [-0.2, 0) is 0 Å². The minimum Gasteiger partial charge on any atom is -0.497 e. The first-order valence-corrected chi connectivity index (χ1v) is 11.7. The maximum absolute atomic E-state index is 12.9. The molecule has 1 N–H and O–H groups in total. The quantitative estimate of drug-likeness (QED) is 0.715. The van der Waals surface area contributed by atoms with Crippen molar-refractivity contribution in [2.24, 2.45) is 9.98 Å². The Hall–Kier alpha value is -3.00. The van der Waals surface area contributed by atoms with Crippen molar-refractivity contribution in [2.45, 2.75) is 25.4 Å². The van der Waals surface area contributed by atoms with Crippen LogP contribution < -0.4 is 14.8 Å². The molecule has 0 unspecified atom stereocenters. The molecule has 32 heavy (non-hydrogen) atoms. The molecule has 7 nitrogen and oxygen atoms in total. The molecule has 4 rings (SSSR count). The van der Waals surface area contributed by atoms with E-state index in [4.69, 9.17) is 19.5 Å². The molecule has 0 bridgehead atoms. The molecule has 0 saturated carbocycles. The number of nitrogens with zero attached hydrogens (tertiary/aromatic N) is 3. The molecule has 0 aromatic heterocycles. The van der Waals surface area contributed by atoms with E-state index in [2.05, 4.69) is 24.4 Å². The highest BCUT2D eigenvalue weighted by Crippen LogP contribution is 2.36. The summed E-state index contributed by atoms with van der Waals surface area (Å²) in [5.41, 5.74) is 2.20. The highest BCUT2D eigenvalue weighted by molar-refractivity contribution is 8.15. The van der Waals surface area contributed by atoms with E-state index in [0.717, 1.165) is 22.1 Å². The van der Waals surface area contributed by atoms with E-state index in [9.17, 15) is 4.79 Å². The fraction of sp³-hybridized carbons (Fsp3) is 0.375. The number of aliphatic imine (C=N–C) groups is 2. The van der Waals surface area contributed by atoms with E-state index in [1.807, 2.05) is 23.1 Å². The number of piperidine rings is 1. The van der Waals surface area contributed by atoms with Crippen LogP contribution in [0.25, 0.3) is 0 Å². The van der Waals surface area contributed by atoms with Crippen LogP contribution in [0.3, 0.4) is 0 Å². The van der Waals surface area contributed by atoms with E-state index >= 15 is 0 Å². The minimum atomic E-state index is -0.475. The van der Waals surface area contributed by atoms with Gasteiger partial charge >= 0.3 is 6.03 Å². The van der Waals surface area contributed by atoms with Gasteiger partial charge in [-0.15, -0.1) is 11.8 Å². The number of rotatable bonds is 5. The number of urea groups is 1. The van der Waals surface area contributed by atoms with E-state index in [-0.39, 0.29) is 6.03 Å². The normalized spacial score (nSPS) is 17.0. The number of carbonyl (C=O) groups excluding carboxylic acids is 1. The average molecular weight is 453 g/mol. The van der Waals surface area contributed by atoms with Crippen molar-refractivity contribution in [3.05, 3.63) is 54.1 Å². The second kappa shape index (κ2) is 9.65. The largest absolute Gasteiger partial charge is 0.497 e. The fourth-order valence-corrected chi connectivity index (χ4v) is 4.74. The lowest BCUT2D eigenvalue weighted by Crippen LogP contribution is -2.46. The molecule has 2 heterocycles. The van der Waals surface area contributed by atoms with Crippen LogP contribution in [0.15, 0.2) is 58.5 Å². The van der Waals surface area contributed by atoms with Crippen molar-refractivity contribution >= 4 is 34.2 Å². The van der Waals surface area contributed by atoms with Gasteiger partial charge in [0.1, 0.15) is 16.5 Å². The smallest absolute Gasteiger partial charge is 0.321 e. The summed E-state index contributed by atoms with van der Waals surface area (Å²) in [6.07, 6.45) is 1.40. The highest BCUT2D eigenvalue weighted by atomic mass is 32.2. The van der Waals surface area contributed by atoms with Gasteiger partial charge in [-0.2, -0.15) is 0 Å². The van der Waals surface area contributed by atoms with Gasteiger partial charge in [-0.05, 0) is 17.9 Å². The zero-order valence-corrected chi connectivity index (χ0v) is 19.4. The average Bonchev–Trinajstić information content (AvgIpc) is 3.18. The molecule has 2 aliphatic rings. The number of hydrogen-bond donors (Lipinski definition) is 1. The number of methoxy groups -OCH3 is 2. The van der Waals surface area contributed by atoms with Crippen LogP contribution in [0.1, 0.15) is 25.3 Å². The van der Waals surface area contributed by atoms with Crippen LogP contribution in [0.2, 0.25) is 0 Å². The Bertz CT molecular complexity index is 1030. The fourth-order valence-electron chi connectivity index (χ4n) is 3.93. The topological polar surface area (TPSA) is 75.5 Å². The van der Waals surface area contributed by atoms with Gasteiger partial charge in [0, 0.05) is 37.6 Å². The number of thioether (sulfide) groups is 1. The summed E-state index contributed by atoms with van der Waals surface area (Å²) >= 11 is 1.73. The standard InChI is InChI=1S/C24H28N4O3S/c1-4-32-22-21(17-8-6-5-7-9-17)26-24(27-22)12-14-28(15-13-24)23(29)25-19-11-10-18(30-2)16-20(19)31-3/h5-11,16H,4,12-15H2,1-3H3,(H,25,29). The van der Waals surface area contributed by atoms with Crippen LogP contribution in [0.5, 0.6) is 11.5 Å². The number of anilines is 1. The zero-order valence-electron chi connectivity index (χ0n) is 18.6.